The van der Waals surface area contributed by atoms with Crippen LogP contribution in [0, 0.1) is 23.0 Å². The fourth-order valence-electron chi connectivity index (χ4n) is 5.00. The second-order valence-electron chi connectivity index (χ2n) is 8.84. The highest BCUT2D eigenvalue weighted by molar-refractivity contribution is 6.33. The number of aromatic nitrogens is 2. The molecule has 6 rings (SSSR count). The molecule has 3 unspecified atom stereocenters. The molecule has 0 aliphatic carbocycles. The standard InChI is InChI=1S/C24H17ClF2N6O3/c1-24(7-2-8-35-24)33-19-14(10-28)15(25)5-6-17(19)32-11-29-18(20(32)23(33)34)22-30-21(31-36-22)13-4-3-12(26)9-16(13)27/h3-6,9,11,18,20H,2,7-8H2,1H3. The maximum absolute atomic E-state index is 14.3. The van der Waals surface area contributed by atoms with Crippen molar-refractivity contribution in [3.05, 3.63) is 58.4 Å². The number of fused-ring (bicyclic) bond motifs is 3. The van der Waals surface area contributed by atoms with Crippen LogP contribution in [0.3, 0.4) is 0 Å². The summed E-state index contributed by atoms with van der Waals surface area (Å²) in [6.45, 7) is 2.26. The van der Waals surface area contributed by atoms with Gasteiger partial charge >= 0.3 is 0 Å². The van der Waals surface area contributed by atoms with E-state index in [0.29, 0.717) is 24.4 Å². The van der Waals surface area contributed by atoms with Gasteiger partial charge < -0.3 is 14.2 Å². The van der Waals surface area contributed by atoms with Gasteiger partial charge in [0.25, 0.3) is 11.8 Å². The van der Waals surface area contributed by atoms with Gasteiger partial charge in [0.1, 0.15) is 29.5 Å². The molecule has 182 valence electrons. The highest BCUT2D eigenvalue weighted by Gasteiger charge is 2.54. The van der Waals surface area contributed by atoms with Gasteiger partial charge in [0.15, 0.2) is 6.04 Å². The number of carbonyl (C=O) groups excluding carboxylic acids is 1. The normalized spacial score (nSPS) is 24.7. The molecule has 4 heterocycles. The van der Waals surface area contributed by atoms with Crippen LogP contribution in [0.2, 0.25) is 5.02 Å². The molecule has 3 aromatic rings. The minimum absolute atomic E-state index is 0.0128. The van der Waals surface area contributed by atoms with Crippen molar-refractivity contribution >= 4 is 35.2 Å². The van der Waals surface area contributed by atoms with Crippen molar-refractivity contribution in [2.75, 3.05) is 16.4 Å². The quantitative estimate of drug-likeness (QED) is 0.514. The Bertz CT molecular complexity index is 1480. The number of amides is 1. The van der Waals surface area contributed by atoms with E-state index in [4.69, 9.17) is 20.9 Å². The lowest BCUT2D eigenvalue weighted by atomic mass is 9.95. The van der Waals surface area contributed by atoms with E-state index in [0.717, 1.165) is 18.6 Å². The predicted octanol–water partition coefficient (Wildman–Crippen LogP) is 4.37. The Morgan fingerprint density at radius 1 is 1.28 bits per heavy atom. The molecule has 3 aliphatic rings. The first-order chi connectivity index (χ1) is 17.3. The summed E-state index contributed by atoms with van der Waals surface area (Å²) in [5, 5.41) is 13.9. The van der Waals surface area contributed by atoms with Gasteiger partial charge in [-0.05, 0) is 44.0 Å². The van der Waals surface area contributed by atoms with Crippen molar-refractivity contribution in [3.8, 4) is 17.5 Å². The van der Waals surface area contributed by atoms with Gasteiger partial charge in [0.2, 0.25) is 5.82 Å². The van der Waals surface area contributed by atoms with Crippen LogP contribution in [0.15, 0.2) is 39.8 Å². The van der Waals surface area contributed by atoms with Crippen molar-refractivity contribution in [1.82, 2.24) is 10.1 Å². The van der Waals surface area contributed by atoms with Gasteiger partial charge in [0, 0.05) is 12.7 Å². The maximum atomic E-state index is 14.3. The van der Waals surface area contributed by atoms with Gasteiger partial charge in [-0.1, -0.05) is 16.8 Å². The summed E-state index contributed by atoms with van der Waals surface area (Å²) in [7, 11) is 0. The summed E-state index contributed by atoms with van der Waals surface area (Å²) >= 11 is 6.34. The van der Waals surface area contributed by atoms with Crippen LogP contribution in [-0.4, -0.2) is 40.8 Å². The first-order valence-corrected chi connectivity index (χ1v) is 11.5. The summed E-state index contributed by atoms with van der Waals surface area (Å²) in [6.07, 6.45) is 2.77. The molecule has 2 aromatic carbocycles. The molecule has 1 fully saturated rings. The Labute approximate surface area is 208 Å². The first-order valence-electron chi connectivity index (χ1n) is 11.1. The number of nitrogens with zero attached hydrogens (tertiary/aromatic N) is 6. The number of hydrogen-bond donors (Lipinski definition) is 0. The van der Waals surface area contributed by atoms with Crippen LogP contribution < -0.4 is 9.80 Å². The largest absolute Gasteiger partial charge is 0.355 e. The molecule has 0 saturated carbocycles. The Hall–Kier alpha value is -3.88. The second-order valence-corrected chi connectivity index (χ2v) is 9.25. The van der Waals surface area contributed by atoms with Crippen LogP contribution in [0.25, 0.3) is 11.4 Å². The van der Waals surface area contributed by atoms with Gasteiger partial charge in [-0.3, -0.25) is 14.7 Å². The first kappa shape index (κ1) is 22.6. The molecular formula is C24H17ClF2N6O3. The molecule has 36 heavy (non-hydrogen) atoms. The molecule has 12 heteroatoms. The van der Waals surface area contributed by atoms with E-state index in [1.54, 1.807) is 24.0 Å². The molecule has 1 aromatic heterocycles. The van der Waals surface area contributed by atoms with E-state index in [-0.39, 0.29) is 33.8 Å². The Morgan fingerprint density at radius 3 is 2.83 bits per heavy atom. The van der Waals surface area contributed by atoms with Crippen molar-refractivity contribution in [2.24, 2.45) is 4.99 Å². The topological polar surface area (TPSA) is 108 Å². The molecule has 3 aliphatic heterocycles. The van der Waals surface area contributed by atoms with E-state index >= 15 is 0 Å². The maximum Gasteiger partial charge on any atom is 0.255 e. The number of benzene rings is 2. The molecule has 0 spiro atoms. The van der Waals surface area contributed by atoms with E-state index in [2.05, 4.69) is 21.2 Å². The van der Waals surface area contributed by atoms with Crippen LogP contribution >= 0.6 is 11.6 Å². The number of carbonyl (C=O) groups is 1. The van der Waals surface area contributed by atoms with Crippen molar-refractivity contribution in [2.45, 2.75) is 37.6 Å². The van der Waals surface area contributed by atoms with Gasteiger partial charge in [-0.2, -0.15) is 10.2 Å². The van der Waals surface area contributed by atoms with Crippen molar-refractivity contribution < 1.29 is 22.8 Å². The highest BCUT2D eigenvalue weighted by atomic mass is 35.5. The number of anilines is 2. The Morgan fingerprint density at radius 2 is 2.11 bits per heavy atom. The number of ether oxygens (including phenoxy) is 1. The highest BCUT2D eigenvalue weighted by Crippen LogP contribution is 2.49. The zero-order valence-corrected chi connectivity index (χ0v) is 19.5. The fraction of sp³-hybridized carbons (Fsp3) is 0.292. The van der Waals surface area contributed by atoms with Gasteiger partial charge in [0.05, 0.1) is 33.9 Å². The average molecular weight is 511 g/mol. The lowest BCUT2D eigenvalue weighted by molar-refractivity contribution is -0.125. The molecule has 0 N–H and O–H groups in total. The summed E-state index contributed by atoms with van der Waals surface area (Å²) in [5.41, 5.74) is 0.00225. The summed E-state index contributed by atoms with van der Waals surface area (Å²) < 4.78 is 39.0. The molecular weight excluding hydrogens is 494 g/mol. The molecule has 9 nitrogen and oxygen atoms in total. The van der Waals surface area contributed by atoms with Crippen LogP contribution in [0.4, 0.5) is 20.2 Å². The Balaban J connectivity index is 1.45. The van der Waals surface area contributed by atoms with Crippen molar-refractivity contribution in [1.29, 1.82) is 5.26 Å². The zero-order chi connectivity index (χ0) is 25.2. The van der Waals surface area contributed by atoms with E-state index in [1.165, 1.54) is 17.3 Å². The minimum Gasteiger partial charge on any atom is -0.355 e. The number of halogens is 3. The number of aliphatic imine (C=N–C) groups is 1. The average Bonchev–Trinajstić information content (AvgIpc) is 3.59. The third-order valence-electron chi connectivity index (χ3n) is 6.68. The third-order valence-corrected chi connectivity index (χ3v) is 7.00. The van der Waals surface area contributed by atoms with Gasteiger partial charge in [-0.25, -0.2) is 8.78 Å². The van der Waals surface area contributed by atoms with E-state index in [9.17, 15) is 18.8 Å². The summed E-state index contributed by atoms with van der Waals surface area (Å²) in [6, 6.07) is 6.60. The Kier molecular flexibility index (Phi) is 5.07. The number of rotatable bonds is 3. The van der Waals surface area contributed by atoms with Gasteiger partial charge in [-0.15, -0.1) is 0 Å². The van der Waals surface area contributed by atoms with Crippen LogP contribution in [0.1, 0.15) is 37.3 Å². The van der Waals surface area contributed by atoms with Crippen LogP contribution in [-0.2, 0) is 9.53 Å². The zero-order valence-electron chi connectivity index (χ0n) is 18.8. The second kappa shape index (κ2) is 8.08. The molecule has 1 saturated heterocycles. The number of nitriles is 1. The number of hydrogen-bond acceptors (Lipinski definition) is 8. The molecule has 0 radical (unpaired) electrons. The fourth-order valence-corrected chi connectivity index (χ4v) is 5.19. The smallest absolute Gasteiger partial charge is 0.255 e. The van der Waals surface area contributed by atoms with Crippen LogP contribution in [0.5, 0.6) is 0 Å². The third kappa shape index (κ3) is 3.22. The lowest BCUT2D eigenvalue weighted by Crippen LogP contribution is -2.60. The lowest BCUT2D eigenvalue weighted by Gasteiger charge is -2.46. The molecule has 0 bridgehead atoms. The minimum atomic E-state index is -1.00. The predicted molar refractivity (Wildman–Crippen MR) is 124 cm³/mol. The van der Waals surface area contributed by atoms with E-state index in [1.807, 2.05) is 0 Å². The molecule has 1 amide bonds. The van der Waals surface area contributed by atoms with Crippen molar-refractivity contribution in [3.63, 3.8) is 0 Å². The monoisotopic (exact) mass is 510 g/mol. The SMILES string of the molecule is CC1(N2C(=O)C3C(c4nc(-c5ccc(F)cc5F)no4)N=CN3c3ccc(Cl)c(C#N)c32)CCCO1. The summed E-state index contributed by atoms with van der Waals surface area (Å²) in [4.78, 5) is 25.9. The summed E-state index contributed by atoms with van der Waals surface area (Å²) in [5.74, 6) is -2.08. The van der Waals surface area contributed by atoms with E-state index < -0.39 is 29.4 Å². The molecule has 3 atom stereocenters.